The molecule has 35 heavy (non-hydrogen) atoms. The zero-order valence-corrected chi connectivity index (χ0v) is 19.4. The lowest BCUT2D eigenvalue weighted by atomic mass is 10.0. The van der Waals surface area contributed by atoms with E-state index in [2.05, 4.69) is 15.5 Å². The molecule has 0 fully saturated rings. The number of nitro groups is 1. The SMILES string of the molecule is COc1ccc(Cl)cc1NC(=O)c1cc2ccccc2c(N=Nc2cc([N+](=O)[O-])ccc2C)c1O. The number of nitrogens with one attached hydrogen (secondary N) is 1. The summed E-state index contributed by atoms with van der Waals surface area (Å²) in [5.74, 6) is -0.616. The quantitative estimate of drug-likeness (QED) is 0.169. The number of aromatic hydroxyl groups is 1. The fraction of sp³-hybridized carbons (Fsp3) is 0.0800. The van der Waals surface area contributed by atoms with Crippen LogP contribution < -0.4 is 10.1 Å². The van der Waals surface area contributed by atoms with Crippen molar-refractivity contribution in [1.29, 1.82) is 0 Å². The monoisotopic (exact) mass is 490 g/mol. The number of non-ortho nitro benzene ring substituents is 1. The molecule has 0 saturated heterocycles. The van der Waals surface area contributed by atoms with Crippen molar-refractivity contribution in [2.45, 2.75) is 6.92 Å². The van der Waals surface area contributed by atoms with Crippen LogP contribution >= 0.6 is 11.6 Å². The number of nitro benzene ring substituents is 1. The maximum atomic E-state index is 13.1. The Morgan fingerprint density at radius 3 is 2.60 bits per heavy atom. The van der Waals surface area contributed by atoms with Crippen LogP contribution in [0.5, 0.6) is 11.5 Å². The van der Waals surface area contributed by atoms with Gasteiger partial charge in [0.15, 0.2) is 5.75 Å². The molecule has 9 nitrogen and oxygen atoms in total. The Balaban J connectivity index is 1.80. The fourth-order valence-electron chi connectivity index (χ4n) is 3.48. The van der Waals surface area contributed by atoms with Crippen molar-refractivity contribution in [3.05, 3.63) is 93.0 Å². The summed E-state index contributed by atoms with van der Waals surface area (Å²) in [7, 11) is 1.46. The van der Waals surface area contributed by atoms with Crippen molar-refractivity contribution in [1.82, 2.24) is 0 Å². The molecule has 176 valence electrons. The van der Waals surface area contributed by atoms with Crippen molar-refractivity contribution >= 4 is 51.0 Å². The highest BCUT2D eigenvalue weighted by molar-refractivity contribution is 6.31. The summed E-state index contributed by atoms with van der Waals surface area (Å²) in [6.07, 6.45) is 0. The van der Waals surface area contributed by atoms with Gasteiger partial charge in [-0.2, -0.15) is 0 Å². The van der Waals surface area contributed by atoms with Gasteiger partial charge in [-0.3, -0.25) is 14.9 Å². The van der Waals surface area contributed by atoms with E-state index >= 15 is 0 Å². The molecule has 2 N–H and O–H groups in total. The molecule has 0 aliphatic heterocycles. The molecule has 4 aromatic rings. The average molecular weight is 491 g/mol. The first-order chi connectivity index (χ1) is 16.8. The third kappa shape index (κ3) is 4.90. The number of benzene rings is 4. The molecule has 0 aliphatic carbocycles. The highest BCUT2D eigenvalue weighted by Gasteiger charge is 2.20. The van der Waals surface area contributed by atoms with E-state index in [1.54, 1.807) is 49.4 Å². The number of aryl methyl sites for hydroxylation is 1. The molecule has 1 amide bonds. The van der Waals surface area contributed by atoms with Crippen LogP contribution in [0.25, 0.3) is 10.8 Å². The first-order valence-electron chi connectivity index (χ1n) is 10.3. The molecule has 0 unspecified atom stereocenters. The van der Waals surface area contributed by atoms with Crippen LogP contribution in [0.1, 0.15) is 15.9 Å². The topological polar surface area (TPSA) is 126 Å². The second-order valence-corrected chi connectivity index (χ2v) is 8.01. The number of anilines is 1. The predicted octanol–water partition coefficient (Wildman–Crippen LogP) is 7.09. The number of nitrogens with zero attached hydrogens (tertiary/aromatic N) is 3. The molecule has 0 atom stereocenters. The number of amides is 1. The second-order valence-electron chi connectivity index (χ2n) is 7.57. The van der Waals surface area contributed by atoms with Crippen LogP contribution in [0.3, 0.4) is 0 Å². The Morgan fingerprint density at radius 1 is 1.09 bits per heavy atom. The third-order valence-corrected chi connectivity index (χ3v) is 5.55. The molecule has 0 bridgehead atoms. The highest BCUT2D eigenvalue weighted by Crippen LogP contribution is 2.40. The molecule has 0 aliphatic rings. The van der Waals surface area contributed by atoms with Crippen molar-refractivity contribution in [3.8, 4) is 11.5 Å². The van der Waals surface area contributed by atoms with Gasteiger partial charge < -0.3 is 15.2 Å². The molecule has 0 radical (unpaired) electrons. The molecular formula is C25H19ClN4O5. The molecule has 4 aromatic carbocycles. The van der Waals surface area contributed by atoms with E-state index in [4.69, 9.17) is 16.3 Å². The standard InChI is InChI=1S/C25H19ClN4O5/c1-14-7-9-17(30(33)34)13-20(14)28-29-23-18-6-4-3-5-15(18)11-19(24(23)31)25(32)27-21-12-16(26)8-10-22(21)35-2/h3-13,31H,1-2H3,(H,27,32). The number of azo groups is 1. The van der Waals surface area contributed by atoms with E-state index in [1.807, 2.05) is 0 Å². The van der Waals surface area contributed by atoms with Crippen LogP contribution in [0.15, 0.2) is 77.0 Å². The maximum absolute atomic E-state index is 13.1. The van der Waals surface area contributed by atoms with Crippen LogP contribution in [-0.4, -0.2) is 23.0 Å². The number of rotatable bonds is 6. The van der Waals surface area contributed by atoms with Crippen molar-refractivity contribution in [3.63, 3.8) is 0 Å². The number of carbonyl (C=O) groups is 1. The van der Waals surface area contributed by atoms with E-state index in [0.29, 0.717) is 32.8 Å². The summed E-state index contributed by atoms with van der Waals surface area (Å²) in [5, 5.41) is 34.8. The molecular weight excluding hydrogens is 472 g/mol. The third-order valence-electron chi connectivity index (χ3n) is 5.31. The van der Waals surface area contributed by atoms with Crippen molar-refractivity contribution < 1.29 is 19.6 Å². The Labute approximate surface area is 204 Å². The number of phenolic OH excluding ortho intramolecular Hbond substituents is 1. The zero-order chi connectivity index (χ0) is 25.1. The van der Waals surface area contributed by atoms with Gasteiger partial charge in [-0.05, 0) is 42.1 Å². The van der Waals surface area contributed by atoms with Crippen LogP contribution in [0.2, 0.25) is 5.02 Å². The Morgan fingerprint density at radius 2 is 1.86 bits per heavy atom. The van der Waals surface area contributed by atoms with Gasteiger partial charge in [0.25, 0.3) is 11.6 Å². The smallest absolute Gasteiger partial charge is 0.271 e. The first kappa shape index (κ1) is 23.7. The molecule has 0 spiro atoms. The molecule has 10 heteroatoms. The zero-order valence-electron chi connectivity index (χ0n) is 18.7. The lowest BCUT2D eigenvalue weighted by Crippen LogP contribution is -2.13. The van der Waals surface area contributed by atoms with E-state index in [0.717, 1.165) is 0 Å². The van der Waals surface area contributed by atoms with Gasteiger partial charge >= 0.3 is 0 Å². The molecule has 0 saturated carbocycles. The number of ether oxygens (including phenoxy) is 1. The number of methoxy groups -OCH3 is 1. The van der Waals surface area contributed by atoms with Gasteiger partial charge in [0.2, 0.25) is 0 Å². The number of hydrogen-bond acceptors (Lipinski definition) is 7. The number of fused-ring (bicyclic) bond motifs is 1. The number of phenols is 1. The summed E-state index contributed by atoms with van der Waals surface area (Å²) in [4.78, 5) is 23.7. The van der Waals surface area contributed by atoms with Gasteiger partial charge in [0.1, 0.15) is 11.4 Å². The van der Waals surface area contributed by atoms with Crippen molar-refractivity contribution in [2.75, 3.05) is 12.4 Å². The summed E-state index contributed by atoms with van der Waals surface area (Å²) in [6.45, 7) is 1.73. The van der Waals surface area contributed by atoms with E-state index in [1.165, 1.54) is 31.4 Å². The van der Waals surface area contributed by atoms with Crippen molar-refractivity contribution in [2.24, 2.45) is 10.2 Å². The van der Waals surface area contributed by atoms with Crippen LogP contribution in [0.4, 0.5) is 22.7 Å². The van der Waals surface area contributed by atoms with Gasteiger partial charge in [-0.25, -0.2) is 0 Å². The normalized spacial score (nSPS) is 11.1. The maximum Gasteiger partial charge on any atom is 0.271 e. The van der Waals surface area contributed by atoms with Crippen LogP contribution in [0, 0.1) is 17.0 Å². The summed E-state index contributed by atoms with van der Waals surface area (Å²) in [6, 6.07) is 17.6. The summed E-state index contributed by atoms with van der Waals surface area (Å²) in [5.41, 5.74) is 1.12. The van der Waals surface area contributed by atoms with E-state index < -0.39 is 16.6 Å². The minimum Gasteiger partial charge on any atom is -0.505 e. The van der Waals surface area contributed by atoms with Gasteiger partial charge in [-0.1, -0.05) is 41.9 Å². The minimum atomic E-state index is -0.614. The minimum absolute atomic E-state index is 0.0459. The molecule has 4 rings (SSSR count). The van der Waals surface area contributed by atoms with Crippen LogP contribution in [-0.2, 0) is 0 Å². The second kappa shape index (κ2) is 9.78. The Hall–Kier alpha value is -4.50. The molecule has 0 aromatic heterocycles. The first-order valence-corrected chi connectivity index (χ1v) is 10.7. The van der Waals surface area contributed by atoms with E-state index in [9.17, 15) is 20.0 Å². The predicted molar refractivity (Wildman–Crippen MR) is 134 cm³/mol. The van der Waals surface area contributed by atoms with E-state index in [-0.39, 0.29) is 22.6 Å². The summed E-state index contributed by atoms with van der Waals surface area (Å²) >= 11 is 6.05. The number of halogens is 1. The lowest BCUT2D eigenvalue weighted by molar-refractivity contribution is -0.384. The Bertz CT molecular complexity index is 1500. The Kier molecular flexibility index (Phi) is 6.61. The number of carbonyl (C=O) groups excluding carboxylic acids is 1. The lowest BCUT2D eigenvalue weighted by Gasteiger charge is -2.13. The largest absolute Gasteiger partial charge is 0.505 e. The highest BCUT2D eigenvalue weighted by atomic mass is 35.5. The van der Waals surface area contributed by atoms with Gasteiger partial charge in [0.05, 0.1) is 29.0 Å². The molecule has 0 heterocycles. The van der Waals surface area contributed by atoms with Gasteiger partial charge in [-0.15, -0.1) is 10.2 Å². The summed E-state index contributed by atoms with van der Waals surface area (Å²) < 4.78 is 5.27. The average Bonchev–Trinajstić information content (AvgIpc) is 2.84. The fourth-order valence-corrected chi connectivity index (χ4v) is 3.65. The number of hydrogen-bond donors (Lipinski definition) is 2. The van der Waals surface area contributed by atoms with Gasteiger partial charge in [0, 0.05) is 22.5 Å².